The van der Waals surface area contributed by atoms with Crippen molar-refractivity contribution in [3.05, 3.63) is 59.4 Å². The zero-order valence-corrected chi connectivity index (χ0v) is 13.4. The van der Waals surface area contributed by atoms with Crippen LogP contribution in [0.5, 0.6) is 0 Å². The fourth-order valence-electron chi connectivity index (χ4n) is 2.85. The molecule has 1 aliphatic rings. The molecule has 1 fully saturated rings. The van der Waals surface area contributed by atoms with Crippen LogP contribution in [0.1, 0.15) is 21.5 Å². The molecule has 0 aliphatic carbocycles. The highest BCUT2D eigenvalue weighted by molar-refractivity contribution is 5.95. The van der Waals surface area contributed by atoms with Crippen molar-refractivity contribution in [3.63, 3.8) is 0 Å². The van der Waals surface area contributed by atoms with Gasteiger partial charge in [-0.15, -0.1) is 0 Å². The van der Waals surface area contributed by atoms with Crippen LogP contribution in [0.15, 0.2) is 42.7 Å². The van der Waals surface area contributed by atoms with Crippen LogP contribution in [0, 0.1) is 6.92 Å². The van der Waals surface area contributed by atoms with E-state index in [1.807, 2.05) is 36.2 Å². The van der Waals surface area contributed by atoms with Gasteiger partial charge in [0.25, 0.3) is 5.91 Å². The Hall–Kier alpha value is -2.40. The SMILES string of the molecule is Cc1cc(C(=O)N2CCN(Cc3cccnc3)CC2)ccc1N. The van der Waals surface area contributed by atoms with Gasteiger partial charge in [-0.1, -0.05) is 6.07 Å². The summed E-state index contributed by atoms with van der Waals surface area (Å²) in [5.74, 6) is 0.0918. The number of hydrogen-bond acceptors (Lipinski definition) is 4. The van der Waals surface area contributed by atoms with Gasteiger partial charge in [0.2, 0.25) is 0 Å². The summed E-state index contributed by atoms with van der Waals surface area (Å²) in [5.41, 5.74) is 9.43. The molecular weight excluding hydrogens is 288 g/mol. The highest BCUT2D eigenvalue weighted by Crippen LogP contribution is 2.16. The summed E-state index contributed by atoms with van der Waals surface area (Å²) in [7, 11) is 0. The number of rotatable bonds is 3. The van der Waals surface area contributed by atoms with Gasteiger partial charge in [-0.2, -0.15) is 0 Å². The Balaban J connectivity index is 1.58. The summed E-state index contributed by atoms with van der Waals surface area (Å²) in [6.07, 6.45) is 3.68. The Bertz CT molecular complexity index is 679. The quantitative estimate of drug-likeness (QED) is 0.880. The van der Waals surface area contributed by atoms with Crippen molar-refractivity contribution < 1.29 is 4.79 Å². The van der Waals surface area contributed by atoms with E-state index >= 15 is 0 Å². The molecule has 23 heavy (non-hydrogen) atoms. The van der Waals surface area contributed by atoms with Crippen molar-refractivity contribution in [3.8, 4) is 0 Å². The Labute approximate surface area is 136 Å². The van der Waals surface area contributed by atoms with Crippen molar-refractivity contribution in [1.29, 1.82) is 0 Å². The zero-order valence-electron chi connectivity index (χ0n) is 13.4. The van der Waals surface area contributed by atoms with Crippen molar-refractivity contribution in [2.75, 3.05) is 31.9 Å². The molecule has 2 aromatic rings. The fraction of sp³-hybridized carbons (Fsp3) is 0.333. The van der Waals surface area contributed by atoms with Gasteiger partial charge in [0.15, 0.2) is 0 Å². The van der Waals surface area contributed by atoms with Gasteiger partial charge in [0.1, 0.15) is 0 Å². The van der Waals surface area contributed by atoms with Gasteiger partial charge in [-0.3, -0.25) is 14.7 Å². The number of amides is 1. The molecule has 0 spiro atoms. The maximum atomic E-state index is 12.6. The van der Waals surface area contributed by atoms with Crippen LogP contribution < -0.4 is 5.73 Å². The molecule has 2 heterocycles. The van der Waals surface area contributed by atoms with E-state index in [2.05, 4.69) is 16.0 Å². The first-order chi connectivity index (χ1) is 11.1. The molecular formula is C18H22N4O. The number of aryl methyl sites for hydroxylation is 1. The summed E-state index contributed by atoms with van der Waals surface area (Å²) in [6, 6.07) is 9.54. The first-order valence-electron chi connectivity index (χ1n) is 7.90. The lowest BCUT2D eigenvalue weighted by atomic mass is 10.1. The second kappa shape index (κ2) is 6.79. The molecule has 0 atom stereocenters. The predicted octanol–water partition coefficient (Wildman–Crippen LogP) is 1.93. The van der Waals surface area contributed by atoms with Gasteiger partial charge in [0.05, 0.1) is 0 Å². The van der Waals surface area contributed by atoms with E-state index in [1.165, 1.54) is 5.56 Å². The average molecular weight is 310 g/mol. The van der Waals surface area contributed by atoms with Gasteiger partial charge in [-0.05, 0) is 42.3 Å². The lowest BCUT2D eigenvalue weighted by Crippen LogP contribution is -2.48. The number of anilines is 1. The maximum absolute atomic E-state index is 12.6. The topological polar surface area (TPSA) is 62.5 Å². The van der Waals surface area contributed by atoms with E-state index in [-0.39, 0.29) is 5.91 Å². The highest BCUT2D eigenvalue weighted by Gasteiger charge is 2.22. The first-order valence-corrected chi connectivity index (χ1v) is 7.90. The number of benzene rings is 1. The summed E-state index contributed by atoms with van der Waals surface area (Å²) in [5, 5.41) is 0. The molecule has 3 rings (SSSR count). The Kier molecular flexibility index (Phi) is 4.57. The van der Waals surface area contributed by atoms with Crippen molar-refractivity contribution in [1.82, 2.24) is 14.8 Å². The Morgan fingerprint density at radius 1 is 1.22 bits per heavy atom. The third-order valence-corrected chi connectivity index (χ3v) is 4.31. The number of hydrogen-bond donors (Lipinski definition) is 1. The molecule has 0 radical (unpaired) electrons. The summed E-state index contributed by atoms with van der Waals surface area (Å²) in [4.78, 5) is 21.0. The molecule has 1 amide bonds. The molecule has 120 valence electrons. The molecule has 5 heteroatoms. The maximum Gasteiger partial charge on any atom is 0.253 e. The molecule has 1 aromatic carbocycles. The van der Waals surface area contributed by atoms with Crippen LogP contribution in [0.25, 0.3) is 0 Å². The highest BCUT2D eigenvalue weighted by atomic mass is 16.2. The van der Waals surface area contributed by atoms with Crippen LogP contribution in [0.2, 0.25) is 0 Å². The summed E-state index contributed by atoms with van der Waals surface area (Å²) >= 11 is 0. The fourth-order valence-corrected chi connectivity index (χ4v) is 2.85. The lowest BCUT2D eigenvalue weighted by Gasteiger charge is -2.34. The average Bonchev–Trinajstić information content (AvgIpc) is 2.58. The number of nitrogens with two attached hydrogens (primary N) is 1. The third-order valence-electron chi connectivity index (χ3n) is 4.31. The van der Waals surface area contributed by atoms with E-state index in [0.717, 1.165) is 49.5 Å². The van der Waals surface area contributed by atoms with Gasteiger partial charge >= 0.3 is 0 Å². The van der Waals surface area contributed by atoms with Crippen LogP contribution in [0.3, 0.4) is 0 Å². The van der Waals surface area contributed by atoms with Crippen LogP contribution in [-0.4, -0.2) is 46.9 Å². The first kappa shape index (κ1) is 15.5. The van der Waals surface area contributed by atoms with Crippen molar-refractivity contribution in [2.45, 2.75) is 13.5 Å². The number of carbonyl (C=O) groups excluding carboxylic acids is 1. The number of nitrogen functional groups attached to an aromatic ring is 1. The second-order valence-electron chi connectivity index (χ2n) is 6.00. The van der Waals surface area contributed by atoms with E-state index in [0.29, 0.717) is 0 Å². The van der Waals surface area contributed by atoms with E-state index in [4.69, 9.17) is 5.73 Å². The largest absolute Gasteiger partial charge is 0.399 e. The van der Waals surface area contributed by atoms with Crippen LogP contribution in [-0.2, 0) is 6.54 Å². The van der Waals surface area contributed by atoms with Gasteiger partial charge < -0.3 is 10.6 Å². The number of nitrogens with zero attached hydrogens (tertiary/aromatic N) is 3. The van der Waals surface area contributed by atoms with E-state index in [9.17, 15) is 4.79 Å². The van der Waals surface area contributed by atoms with Gasteiger partial charge in [0, 0.05) is 56.4 Å². The zero-order chi connectivity index (χ0) is 16.2. The summed E-state index contributed by atoms with van der Waals surface area (Å²) in [6.45, 7) is 6.09. The minimum atomic E-state index is 0.0918. The van der Waals surface area contributed by atoms with Crippen molar-refractivity contribution in [2.24, 2.45) is 0 Å². The molecule has 2 N–H and O–H groups in total. The van der Waals surface area contributed by atoms with Crippen LogP contribution >= 0.6 is 0 Å². The molecule has 1 aliphatic heterocycles. The summed E-state index contributed by atoms with van der Waals surface area (Å²) < 4.78 is 0. The minimum absolute atomic E-state index is 0.0918. The lowest BCUT2D eigenvalue weighted by molar-refractivity contribution is 0.0628. The molecule has 1 saturated heterocycles. The number of piperazine rings is 1. The van der Waals surface area contributed by atoms with Gasteiger partial charge in [-0.25, -0.2) is 0 Å². The molecule has 0 unspecified atom stereocenters. The van der Waals surface area contributed by atoms with Crippen molar-refractivity contribution >= 4 is 11.6 Å². The van der Waals surface area contributed by atoms with E-state index < -0.39 is 0 Å². The normalized spacial score (nSPS) is 15.6. The Morgan fingerprint density at radius 3 is 2.65 bits per heavy atom. The number of carbonyl (C=O) groups is 1. The standard InChI is InChI=1S/C18H22N4O/c1-14-11-16(4-5-17(14)19)18(23)22-9-7-21(8-10-22)13-15-3-2-6-20-12-15/h2-6,11-12H,7-10,13,19H2,1H3. The molecule has 0 saturated carbocycles. The Morgan fingerprint density at radius 2 is 2.00 bits per heavy atom. The smallest absolute Gasteiger partial charge is 0.253 e. The molecule has 5 nitrogen and oxygen atoms in total. The van der Waals surface area contributed by atoms with E-state index in [1.54, 1.807) is 12.3 Å². The third kappa shape index (κ3) is 3.68. The number of aromatic nitrogens is 1. The number of pyridine rings is 1. The molecule has 1 aromatic heterocycles. The predicted molar refractivity (Wildman–Crippen MR) is 91.0 cm³/mol. The molecule has 0 bridgehead atoms. The second-order valence-corrected chi connectivity index (χ2v) is 6.00. The van der Waals surface area contributed by atoms with Crippen LogP contribution in [0.4, 0.5) is 5.69 Å². The monoisotopic (exact) mass is 310 g/mol. The minimum Gasteiger partial charge on any atom is -0.399 e.